The van der Waals surface area contributed by atoms with Crippen molar-refractivity contribution >= 4 is 28.5 Å². The Morgan fingerprint density at radius 3 is 2.71 bits per heavy atom. The Kier molecular flexibility index (Phi) is 6.89. The van der Waals surface area contributed by atoms with E-state index in [4.69, 9.17) is 20.0 Å². The molecule has 0 bridgehead atoms. The van der Waals surface area contributed by atoms with Crippen molar-refractivity contribution in [3.8, 4) is 11.5 Å². The van der Waals surface area contributed by atoms with E-state index in [2.05, 4.69) is 10.1 Å². The summed E-state index contributed by atoms with van der Waals surface area (Å²) in [6.07, 6.45) is 2.97. The van der Waals surface area contributed by atoms with Gasteiger partial charge in [-0.05, 0) is 31.0 Å². The lowest BCUT2D eigenvalue weighted by Crippen LogP contribution is -2.26. The van der Waals surface area contributed by atoms with Crippen LogP contribution < -0.4 is 25.5 Å². The second-order valence-electron chi connectivity index (χ2n) is 9.33. The average Bonchev–Trinajstić information content (AvgIpc) is 3.68. The summed E-state index contributed by atoms with van der Waals surface area (Å²) in [6.45, 7) is 1.02. The molecule has 0 spiro atoms. The van der Waals surface area contributed by atoms with Crippen LogP contribution in [0.3, 0.4) is 0 Å². The minimum absolute atomic E-state index is 0.0258. The summed E-state index contributed by atoms with van der Waals surface area (Å²) >= 11 is 0. The first-order chi connectivity index (χ1) is 18.3. The van der Waals surface area contributed by atoms with Crippen LogP contribution in [0.15, 0.2) is 40.4 Å². The molecular weight excluding hydrogens is 497 g/mol. The smallest absolute Gasteiger partial charge is 0.341 e. The number of hydrogen-bond acceptors (Lipinski definition) is 9. The summed E-state index contributed by atoms with van der Waals surface area (Å²) in [7, 11) is 3.13. The molecule has 3 heterocycles. The Hall–Kier alpha value is -4.19. The number of nitrogens with two attached hydrogens (primary N) is 1. The standard InChI is InChI=1S/C26H28FN5O6/c1-36-17-6-3-14(22(7-17)37-2)13-38-30-21-12-31(10-15(21)9-28)25-20(27)8-18-23(33)19(26(34)35)11-32(16-4-5-16)24(18)29-25/h3,6-8,11,15-16H,4-5,9-10,12-13,28H2,1-2H3,(H,34,35)/b30-21+. The van der Waals surface area contributed by atoms with Crippen LogP contribution >= 0.6 is 0 Å². The highest BCUT2D eigenvalue weighted by Gasteiger charge is 2.33. The van der Waals surface area contributed by atoms with E-state index in [0.717, 1.165) is 24.5 Å². The van der Waals surface area contributed by atoms with Crippen LogP contribution in [0.4, 0.5) is 10.2 Å². The number of carboxylic acid groups (broad SMARTS) is 1. The largest absolute Gasteiger partial charge is 0.497 e. The van der Waals surface area contributed by atoms with Crippen molar-refractivity contribution < 1.29 is 28.6 Å². The maximum absolute atomic E-state index is 15.3. The molecule has 12 heteroatoms. The van der Waals surface area contributed by atoms with E-state index in [1.54, 1.807) is 35.8 Å². The summed E-state index contributed by atoms with van der Waals surface area (Å²) in [5, 5.41) is 13.7. The van der Waals surface area contributed by atoms with E-state index in [1.807, 2.05) is 6.07 Å². The van der Waals surface area contributed by atoms with E-state index in [9.17, 15) is 14.7 Å². The van der Waals surface area contributed by atoms with Crippen molar-refractivity contribution in [2.24, 2.45) is 16.8 Å². The summed E-state index contributed by atoms with van der Waals surface area (Å²) in [6, 6.07) is 6.47. The molecule has 3 N–H and O–H groups in total. The number of fused-ring (bicyclic) bond motifs is 1. The number of methoxy groups -OCH3 is 2. The van der Waals surface area contributed by atoms with Crippen molar-refractivity contribution in [3.63, 3.8) is 0 Å². The highest BCUT2D eigenvalue weighted by molar-refractivity contribution is 5.95. The predicted octanol–water partition coefficient (Wildman–Crippen LogP) is 2.55. The van der Waals surface area contributed by atoms with Gasteiger partial charge in [-0.2, -0.15) is 0 Å². The molecule has 1 aliphatic heterocycles. The van der Waals surface area contributed by atoms with Gasteiger partial charge in [0.2, 0.25) is 5.43 Å². The maximum atomic E-state index is 15.3. The van der Waals surface area contributed by atoms with Gasteiger partial charge in [0.15, 0.2) is 11.6 Å². The predicted molar refractivity (Wildman–Crippen MR) is 138 cm³/mol. The molecule has 5 rings (SSSR count). The number of oxime groups is 1. The second-order valence-corrected chi connectivity index (χ2v) is 9.33. The number of carbonyl (C=O) groups is 1. The molecule has 200 valence electrons. The first kappa shape index (κ1) is 25.5. The molecular formula is C26H28FN5O6. The molecule has 1 unspecified atom stereocenters. The van der Waals surface area contributed by atoms with Crippen molar-refractivity contribution in [3.05, 3.63) is 57.6 Å². The van der Waals surface area contributed by atoms with Gasteiger partial charge >= 0.3 is 5.97 Å². The topological polar surface area (TPSA) is 142 Å². The zero-order valence-electron chi connectivity index (χ0n) is 21.0. The molecule has 38 heavy (non-hydrogen) atoms. The van der Waals surface area contributed by atoms with Gasteiger partial charge in [0, 0.05) is 42.9 Å². The molecule has 1 aromatic carbocycles. The number of anilines is 1. The number of aromatic nitrogens is 2. The second kappa shape index (κ2) is 10.3. The van der Waals surface area contributed by atoms with Gasteiger partial charge in [-0.3, -0.25) is 4.79 Å². The van der Waals surface area contributed by atoms with Gasteiger partial charge in [0.25, 0.3) is 0 Å². The quantitative estimate of drug-likeness (QED) is 0.403. The normalized spacial score (nSPS) is 18.3. The number of nitrogens with zero attached hydrogens (tertiary/aromatic N) is 4. The minimum atomic E-state index is -1.35. The lowest BCUT2D eigenvalue weighted by Gasteiger charge is -2.19. The Morgan fingerprint density at radius 1 is 1.26 bits per heavy atom. The number of carboxylic acids is 1. The van der Waals surface area contributed by atoms with Crippen LogP contribution in [0.2, 0.25) is 0 Å². The lowest BCUT2D eigenvalue weighted by molar-refractivity contribution is 0.0695. The number of hydrogen-bond donors (Lipinski definition) is 2. The van der Waals surface area contributed by atoms with E-state index in [0.29, 0.717) is 23.8 Å². The summed E-state index contributed by atoms with van der Waals surface area (Å²) in [5.41, 5.74) is 6.50. The zero-order chi connectivity index (χ0) is 27.0. The Morgan fingerprint density at radius 2 is 2.05 bits per heavy atom. The first-order valence-corrected chi connectivity index (χ1v) is 12.2. The molecule has 1 saturated carbocycles. The lowest BCUT2D eigenvalue weighted by atomic mass is 10.1. The van der Waals surface area contributed by atoms with Crippen LogP contribution in [-0.4, -0.2) is 60.2 Å². The van der Waals surface area contributed by atoms with Gasteiger partial charge < -0.3 is 34.6 Å². The van der Waals surface area contributed by atoms with Crippen LogP contribution in [-0.2, 0) is 11.4 Å². The molecule has 1 aliphatic carbocycles. The van der Waals surface area contributed by atoms with Gasteiger partial charge in [0.1, 0.15) is 29.3 Å². The van der Waals surface area contributed by atoms with E-state index in [-0.39, 0.29) is 48.5 Å². The van der Waals surface area contributed by atoms with E-state index < -0.39 is 22.8 Å². The molecule has 0 radical (unpaired) electrons. The van der Waals surface area contributed by atoms with Gasteiger partial charge in [-0.1, -0.05) is 5.16 Å². The summed E-state index contributed by atoms with van der Waals surface area (Å²) in [5.74, 6) is -0.958. The third-order valence-electron chi connectivity index (χ3n) is 6.86. The Labute approximate surface area is 217 Å². The zero-order valence-corrected chi connectivity index (χ0v) is 21.0. The number of pyridine rings is 2. The number of aromatic carboxylic acids is 1. The Balaban J connectivity index is 1.42. The average molecular weight is 526 g/mol. The monoisotopic (exact) mass is 525 g/mol. The van der Waals surface area contributed by atoms with E-state index >= 15 is 4.39 Å². The third kappa shape index (κ3) is 4.74. The third-order valence-corrected chi connectivity index (χ3v) is 6.86. The van der Waals surface area contributed by atoms with Crippen LogP contribution in [0.25, 0.3) is 11.0 Å². The fourth-order valence-corrected chi connectivity index (χ4v) is 4.63. The molecule has 0 amide bonds. The van der Waals surface area contributed by atoms with Crippen molar-refractivity contribution in [2.75, 3.05) is 38.8 Å². The molecule has 11 nitrogen and oxygen atoms in total. The number of ether oxygens (including phenoxy) is 2. The van der Waals surface area contributed by atoms with Gasteiger partial charge in [0.05, 0.1) is 31.9 Å². The van der Waals surface area contributed by atoms with E-state index in [1.165, 1.54) is 6.20 Å². The Bertz CT molecular complexity index is 1490. The number of halogens is 1. The van der Waals surface area contributed by atoms with Crippen molar-refractivity contribution in [2.45, 2.75) is 25.5 Å². The first-order valence-electron chi connectivity index (χ1n) is 12.2. The molecule has 1 saturated heterocycles. The molecule has 2 aromatic heterocycles. The fraction of sp³-hybridized carbons (Fsp3) is 0.385. The number of benzene rings is 1. The van der Waals surface area contributed by atoms with Crippen LogP contribution in [0, 0.1) is 11.7 Å². The number of rotatable bonds is 9. The maximum Gasteiger partial charge on any atom is 0.341 e. The van der Waals surface area contributed by atoms with Gasteiger partial charge in [-0.25, -0.2) is 14.2 Å². The highest BCUT2D eigenvalue weighted by atomic mass is 19.1. The minimum Gasteiger partial charge on any atom is -0.497 e. The van der Waals surface area contributed by atoms with Crippen molar-refractivity contribution in [1.29, 1.82) is 0 Å². The molecule has 2 aliphatic rings. The van der Waals surface area contributed by atoms with Crippen LogP contribution in [0.1, 0.15) is 34.8 Å². The van der Waals surface area contributed by atoms with Crippen molar-refractivity contribution in [1.82, 2.24) is 9.55 Å². The molecule has 3 aromatic rings. The molecule has 2 fully saturated rings. The van der Waals surface area contributed by atoms with Gasteiger partial charge in [-0.15, -0.1) is 0 Å². The fourth-order valence-electron chi connectivity index (χ4n) is 4.63. The summed E-state index contributed by atoms with van der Waals surface area (Å²) < 4.78 is 27.6. The highest BCUT2D eigenvalue weighted by Crippen LogP contribution is 2.37. The SMILES string of the molecule is COc1ccc(CO/N=C2\CN(c3nc4c(cc3F)c(=O)c(C(=O)O)cn4C3CC3)CC2CN)c(OC)c1. The summed E-state index contributed by atoms with van der Waals surface area (Å²) in [4.78, 5) is 36.1. The van der Waals surface area contributed by atoms with Crippen LogP contribution in [0.5, 0.6) is 11.5 Å². The molecule has 1 atom stereocenters.